The highest BCUT2D eigenvalue weighted by Crippen LogP contribution is 2.14. The number of rotatable bonds is 1. The number of nitrogens with zero attached hydrogens (tertiary/aromatic N) is 1. The van der Waals surface area contributed by atoms with Crippen LogP contribution in [0, 0.1) is 0 Å². The lowest BCUT2D eigenvalue weighted by Crippen LogP contribution is -2.12. The molecule has 72 valence electrons. The number of hydrogen-bond donors (Lipinski definition) is 2. The van der Waals surface area contributed by atoms with Gasteiger partial charge >= 0.3 is 0 Å². The average molecular weight is 189 g/mol. The largest absolute Gasteiger partial charge is 0.398 e. The summed E-state index contributed by atoms with van der Waals surface area (Å²) < 4.78 is 0. The van der Waals surface area contributed by atoms with Gasteiger partial charge in [-0.3, -0.25) is 4.79 Å². The molecule has 0 aliphatic heterocycles. The smallest absolute Gasteiger partial charge is 0.260 e. The fraction of sp³-hybridized carbons (Fsp3) is 0.200. The van der Waals surface area contributed by atoms with Crippen LogP contribution in [0.3, 0.4) is 0 Å². The van der Waals surface area contributed by atoms with E-state index in [-0.39, 0.29) is 5.56 Å². The van der Waals surface area contributed by atoms with Crippen molar-refractivity contribution >= 4 is 16.6 Å². The number of nitrogens with one attached hydrogen (secondary N) is 1. The maximum atomic E-state index is 11.6. The third kappa shape index (κ3) is 1.25. The highest BCUT2D eigenvalue weighted by atomic mass is 16.1. The molecule has 1 aromatic heterocycles. The molecule has 0 fully saturated rings. The first-order valence-corrected chi connectivity index (χ1v) is 4.49. The van der Waals surface area contributed by atoms with Gasteiger partial charge in [0.1, 0.15) is 5.82 Å². The van der Waals surface area contributed by atoms with E-state index < -0.39 is 0 Å². The van der Waals surface area contributed by atoms with E-state index in [0.717, 1.165) is 0 Å². The van der Waals surface area contributed by atoms with Gasteiger partial charge in [-0.05, 0) is 12.1 Å². The van der Waals surface area contributed by atoms with Gasteiger partial charge in [0.15, 0.2) is 0 Å². The van der Waals surface area contributed by atoms with E-state index in [9.17, 15) is 4.79 Å². The molecule has 4 nitrogen and oxygen atoms in total. The molecule has 2 rings (SSSR count). The van der Waals surface area contributed by atoms with E-state index in [2.05, 4.69) is 9.97 Å². The molecule has 0 aliphatic carbocycles. The van der Waals surface area contributed by atoms with Crippen molar-refractivity contribution in [2.45, 2.75) is 13.3 Å². The van der Waals surface area contributed by atoms with Crippen molar-refractivity contribution in [1.82, 2.24) is 9.97 Å². The van der Waals surface area contributed by atoms with Gasteiger partial charge in [0.2, 0.25) is 0 Å². The fourth-order valence-electron chi connectivity index (χ4n) is 1.43. The molecule has 0 amide bonds. The predicted octanol–water partition coefficient (Wildman–Crippen LogP) is 1.07. The zero-order valence-corrected chi connectivity index (χ0v) is 7.87. The van der Waals surface area contributed by atoms with Crippen molar-refractivity contribution in [3.63, 3.8) is 0 Å². The Morgan fingerprint density at radius 1 is 1.50 bits per heavy atom. The molecule has 3 N–H and O–H groups in total. The number of H-pyrrole nitrogens is 1. The van der Waals surface area contributed by atoms with Crippen LogP contribution in [0.5, 0.6) is 0 Å². The van der Waals surface area contributed by atoms with E-state index in [1.165, 1.54) is 0 Å². The highest BCUT2D eigenvalue weighted by Gasteiger charge is 2.04. The standard InChI is InChI=1S/C10H11N3O/c1-2-8-12-7-5-3-4-6(11)9(7)10(14)13-8/h3-5H,2,11H2,1H3,(H,12,13,14). The Balaban J connectivity index is 2.90. The second-order valence-corrected chi connectivity index (χ2v) is 3.11. The Hall–Kier alpha value is -1.84. The van der Waals surface area contributed by atoms with Crippen molar-refractivity contribution in [1.29, 1.82) is 0 Å². The van der Waals surface area contributed by atoms with Crippen molar-refractivity contribution < 1.29 is 0 Å². The second-order valence-electron chi connectivity index (χ2n) is 3.11. The number of nitrogens with two attached hydrogens (primary N) is 1. The van der Waals surface area contributed by atoms with Gasteiger partial charge in [0.25, 0.3) is 5.56 Å². The predicted molar refractivity (Wildman–Crippen MR) is 56.2 cm³/mol. The normalized spacial score (nSPS) is 10.6. The summed E-state index contributed by atoms with van der Waals surface area (Å²) in [5, 5.41) is 0.477. The molecule has 0 saturated carbocycles. The molecule has 0 spiro atoms. The number of aromatic amines is 1. The number of benzene rings is 1. The molecule has 14 heavy (non-hydrogen) atoms. The summed E-state index contributed by atoms with van der Waals surface area (Å²) in [5.41, 5.74) is 6.66. The van der Waals surface area contributed by atoms with Gasteiger partial charge in [-0.2, -0.15) is 0 Å². The third-order valence-corrected chi connectivity index (χ3v) is 2.15. The van der Waals surface area contributed by atoms with Crippen molar-refractivity contribution in [3.8, 4) is 0 Å². The third-order valence-electron chi connectivity index (χ3n) is 2.15. The maximum absolute atomic E-state index is 11.6. The Labute approximate surface area is 80.8 Å². The van der Waals surface area contributed by atoms with Crippen LogP contribution in [-0.4, -0.2) is 9.97 Å². The summed E-state index contributed by atoms with van der Waals surface area (Å²) >= 11 is 0. The van der Waals surface area contributed by atoms with E-state index in [4.69, 9.17) is 5.73 Å². The molecule has 0 atom stereocenters. The summed E-state index contributed by atoms with van der Waals surface area (Å²) in [7, 11) is 0. The van der Waals surface area contributed by atoms with Crippen LogP contribution >= 0.6 is 0 Å². The first-order valence-electron chi connectivity index (χ1n) is 4.49. The number of anilines is 1. The summed E-state index contributed by atoms with van der Waals surface area (Å²) in [6, 6.07) is 5.29. The fourth-order valence-corrected chi connectivity index (χ4v) is 1.43. The van der Waals surface area contributed by atoms with Crippen LogP contribution in [0.2, 0.25) is 0 Å². The molecule has 1 heterocycles. The van der Waals surface area contributed by atoms with Gasteiger partial charge in [0.05, 0.1) is 10.9 Å². The van der Waals surface area contributed by atoms with Crippen LogP contribution in [-0.2, 0) is 6.42 Å². The van der Waals surface area contributed by atoms with E-state index >= 15 is 0 Å². The lowest BCUT2D eigenvalue weighted by molar-refractivity contribution is 0.944. The molecular weight excluding hydrogens is 178 g/mol. The highest BCUT2D eigenvalue weighted by molar-refractivity contribution is 5.89. The van der Waals surface area contributed by atoms with E-state index in [1.807, 2.05) is 6.92 Å². The van der Waals surface area contributed by atoms with Crippen LogP contribution in [0.25, 0.3) is 10.9 Å². The van der Waals surface area contributed by atoms with E-state index in [0.29, 0.717) is 28.8 Å². The minimum atomic E-state index is -0.162. The zero-order chi connectivity index (χ0) is 10.1. The second kappa shape index (κ2) is 3.14. The van der Waals surface area contributed by atoms with Crippen molar-refractivity contribution in [2.24, 2.45) is 0 Å². The molecule has 1 aromatic carbocycles. The zero-order valence-electron chi connectivity index (χ0n) is 7.87. The number of nitrogen functional groups attached to an aromatic ring is 1. The van der Waals surface area contributed by atoms with Crippen LogP contribution in [0.4, 0.5) is 5.69 Å². The van der Waals surface area contributed by atoms with Gasteiger partial charge in [0, 0.05) is 12.1 Å². The summed E-state index contributed by atoms with van der Waals surface area (Å²) in [6.45, 7) is 1.94. The SMILES string of the molecule is CCc1nc2cccc(N)c2c(=O)[nH]1. The van der Waals surface area contributed by atoms with Gasteiger partial charge in [-0.25, -0.2) is 4.98 Å². The number of aromatic nitrogens is 2. The summed E-state index contributed by atoms with van der Waals surface area (Å²) in [5.74, 6) is 0.688. The molecular formula is C10H11N3O. The van der Waals surface area contributed by atoms with Crippen molar-refractivity contribution in [2.75, 3.05) is 5.73 Å². The van der Waals surface area contributed by atoms with Gasteiger partial charge in [-0.15, -0.1) is 0 Å². The average Bonchev–Trinajstić information content (AvgIpc) is 2.17. The molecule has 4 heteroatoms. The molecule has 0 bridgehead atoms. The molecule has 0 aliphatic rings. The minimum absolute atomic E-state index is 0.162. The lowest BCUT2D eigenvalue weighted by Gasteiger charge is -2.01. The minimum Gasteiger partial charge on any atom is -0.398 e. The number of aryl methyl sites for hydroxylation is 1. The topological polar surface area (TPSA) is 71.8 Å². The molecule has 0 saturated heterocycles. The molecule has 0 radical (unpaired) electrons. The Morgan fingerprint density at radius 3 is 3.00 bits per heavy atom. The van der Waals surface area contributed by atoms with E-state index in [1.54, 1.807) is 18.2 Å². The van der Waals surface area contributed by atoms with Crippen LogP contribution in [0.15, 0.2) is 23.0 Å². The molecule has 2 aromatic rings. The monoisotopic (exact) mass is 189 g/mol. The number of hydrogen-bond acceptors (Lipinski definition) is 3. The van der Waals surface area contributed by atoms with Crippen LogP contribution < -0.4 is 11.3 Å². The lowest BCUT2D eigenvalue weighted by atomic mass is 10.2. The summed E-state index contributed by atoms with van der Waals surface area (Å²) in [6.07, 6.45) is 0.708. The summed E-state index contributed by atoms with van der Waals surface area (Å²) in [4.78, 5) is 18.6. The first-order chi connectivity index (χ1) is 6.72. The van der Waals surface area contributed by atoms with Crippen molar-refractivity contribution in [3.05, 3.63) is 34.4 Å². The quantitative estimate of drug-likeness (QED) is 0.659. The Bertz CT molecular complexity index is 530. The first kappa shape index (κ1) is 8.74. The van der Waals surface area contributed by atoms with Gasteiger partial charge in [-0.1, -0.05) is 13.0 Å². The number of fused-ring (bicyclic) bond motifs is 1. The maximum Gasteiger partial charge on any atom is 0.260 e. The molecule has 0 unspecified atom stereocenters. The van der Waals surface area contributed by atoms with Crippen LogP contribution in [0.1, 0.15) is 12.7 Å². The van der Waals surface area contributed by atoms with Gasteiger partial charge < -0.3 is 10.7 Å². The Morgan fingerprint density at radius 2 is 2.29 bits per heavy atom. The Kier molecular flexibility index (Phi) is 1.96.